The molecule has 0 bridgehead atoms. The molecule has 15 heavy (non-hydrogen) atoms. The van der Waals surface area contributed by atoms with Gasteiger partial charge in [0.15, 0.2) is 0 Å². The van der Waals surface area contributed by atoms with Gasteiger partial charge in [0.05, 0.1) is 12.7 Å². The average Bonchev–Trinajstić information content (AvgIpc) is 2.17. The molecule has 88 valence electrons. The van der Waals surface area contributed by atoms with Gasteiger partial charge in [0.1, 0.15) is 5.54 Å². The normalized spacial score (nSPS) is 18.9. The Morgan fingerprint density at radius 2 is 2.07 bits per heavy atom. The zero-order valence-corrected chi connectivity index (χ0v) is 10.9. The Labute approximate surface area is 97.2 Å². The molecule has 0 amide bonds. The van der Waals surface area contributed by atoms with Crippen LogP contribution in [0.3, 0.4) is 0 Å². The Kier molecular flexibility index (Phi) is 6.99. The summed E-state index contributed by atoms with van der Waals surface area (Å²) in [4.78, 5) is 0. The van der Waals surface area contributed by atoms with Crippen LogP contribution in [0.4, 0.5) is 0 Å². The van der Waals surface area contributed by atoms with Gasteiger partial charge in [-0.1, -0.05) is 20.8 Å². The Balaban J connectivity index is 4.13. The maximum atomic E-state index is 9.09. The molecular weight excluding hydrogens is 208 g/mol. The fraction of sp³-hybridized carbons (Fsp3) is 0.909. The van der Waals surface area contributed by atoms with Crippen LogP contribution in [0.25, 0.3) is 0 Å². The summed E-state index contributed by atoms with van der Waals surface area (Å²) < 4.78 is 0. The number of nitriles is 1. The van der Waals surface area contributed by atoms with Crippen molar-refractivity contribution in [2.45, 2.75) is 50.2 Å². The van der Waals surface area contributed by atoms with Crippen molar-refractivity contribution in [1.82, 2.24) is 5.32 Å². The van der Waals surface area contributed by atoms with Crippen LogP contribution in [0.5, 0.6) is 0 Å². The van der Waals surface area contributed by atoms with Crippen LogP contribution in [0, 0.1) is 11.3 Å². The van der Waals surface area contributed by atoms with E-state index in [9.17, 15) is 0 Å². The van der Waals surface area contributed by atoms with E-state index in [0.29, 0.717) is 5.25 Å². The van der Waals surface area contributed by atoms with Crippen LogP contribution in [0.15, 0.2) is 0 Å². The van der Waals surface area contributed by atoms with Gasteiger partial charge < -0.3 is 5.11 Å². The lowest BCUT2D eigenvalue weighted by atomic mass is 9.98. The molecule has 0 heterocycles. The molecule has 0 aromatic carbocycles. The van der Waals surface area contributed by atoms with Crippen molar-refractivity contribution in [3.8, 4) is 6.07 Å². The Bertz CT molecular complexity index is 217. The zero-order valence-electron chi connectivity index (χ0n) is 10.1. The molecule has 0 rings (SSSR count). The molecule has 0 spiro atoms. The van der Waals surface area contributed by atoms with E-state index in [2.05, 4.69) is 18.3 Å². The first-order valence-electron chi connectivity index (χ1n) is 5.40. The van der Waals surface area contributed by atoms with Crippen LogP contribution in [-0.2, 0) is 0 Å². The van der Waals surface area contributed by atoms with Crippen LogP contribution >= 0.6 is 11.8 Å². The van der Waals surface area contributed by atoms with E-state index < -0.39 is 5.54 Å². The second-order valence-electron chi connectivity index (χ2n) is 4.12. The van der Waals surface area contributed by atoms with Gasteiger partial charge in [-0.25, -0.2) is 0 Å². The minimum Gasteiger partial charge on any atom is -0.395 e. The van der Waals surface area contributed by atoms with Gasteiger partial charge >= 0.3 is 0 Å². The van der Waals surface area contributed by atoms with E-state index in [-0.39, 0.29) is 11.9 Å². The minimum absolute atomic E-state index is 0.194. The van der Waals surface area contributed by atoms with E-state index in [1.165, 1.54) is 0 Å². The third-order valence-electron chi connectivity index (χ3n) is 2.23. The molecule has 3 unspecified atom stereocenters. The lowest BCUT2D eigenvalue weighted by Gasteiger charge is -2.26. The molecule has 0 aromatic heterocycles. The molecule has 0 aliphatic carbocycles. The van der Waals surface area contributed by atoms with E-state index >= 15 is 0 Å². The number of rotatable bonds is 7. The quantitative estimate of drug-likeness (QED) is 0.700. The van der Waals surface area contributed by atoms with Crippen molar-refractivity contribution in [1.29, 1.82) is 5.26 Å². The number of aliphatic hydroxyl groups excluding tert-OH is 1. The fourth-order valence-corrected chi connectivity index (χ4v) is 2.92. The molecule has 0 fully saturated rings. The molecule has 3 atom stereocenters. The van der Waals surface area contributed by atoms with Gasteiger partial charge in [-0.15, -0.1) is 0 Å². The molecular formula is C11H22N2OS. The fourth-order valence-electron chi connectivity index (χ4n) is 1.61. The molecule has 0 saturated carbocycles. The van der Waals surface area contributed by atoms with Gasteiger partial charge in [-0.05, 0) is 19.9 Å². The van der Waals surface area contributed by atoms with Gasteiger partial charge in [-0.3, -0.25) is 5.32 Å². The molecule has 0 radical (unpaired) electrons. The van der Waals surface area contributed by atoms with Crippen LogP contribution in [-0.4, -0.2) is 34.3 Å². The summed E-state index contributed by atoms with van der Waals surface area (Å²) in [6, 6.07) is 2.31. The summed E-state index contributed by atoms with van der Waals surface area (Å²) in [7, 11) is 0. The van der Waals surface area contributed by atoms with Crippen molar-refractivity contribution in [3.63, 3.8) is 0 Å². The van der Waals surface area contributed by atoms with Crippen molar-refractivity contribution >= 4 is 11.8 Å². The van der Waals surface area contributed by atoms with E-state index in [1.54, 1.807) is 11.8 Å². The third kappa shape index (κ3) is 6.03. The first kappa shape index (κ1) is 14.8. The summed E-state index contributed by atoms with van der Waals surface area (Å²) >= 11 is 1.73. The van der Waals surface area contributed by atoms with Crippen LogP contribution in [0.2, 0.25) is 0 Å². The third-order valence-corrected chi connectivity index (χ3v) is 3.48. The van der Waals surface area contributed by atoms with Gasteiger partial charge in [0, 0.05) is 10.5 Å². The number of hydrogen-bond donors (Lipinski definition) is 2. The topological polar surface area (TPSA) is 56.0 Å². The first-order chi connectivity index (χ1) is 6.97. The predicted molar refractivity (Wildman–Crippen MR) is 65.9 cm³/mol. The number of aliphatic hydroxyl groups is 1. The largest absolute Gasteiger partial charge is 0.395 e. The number of hydrogen-bond acceptors (Lipinski definition) is 4. The molecule has 2 N–H and O–H groups in total. The highest BCUT2D eigenvalue weighted by molar-refractivity contribution is 8.00. The maximum absolute atomic E-state index is 9.09. The van der Waals surface area contributed by atoms with Gasteiger partial charge in [-0.2, -0.15) is 17.0 Å². The Morgan fingerprint density at radius 3 is 2.47 bits per heavy atom. The summed E-state index contributed by atoms with van der Waals surface area (Å²) in [5.41, 5.74) is -0.448. The minimum atomic E-state index is -0.448. The lowest BCUT2D eigenvalue weighted by molar-refractivity contribution is 0.299. The molecule has 0 saturated heterocycles. The summed E-state index contributed by atoms with van der Waals surface area (Å²) in [5, 5.41) is 21.8. The Morgan fingerprint density at radius 1 is 1.47 bits per heavy atom. The molecule has 0 aliphatic heterocycles. The number of nitrogens with one attached hydrogen (secondary N) is 1. The number of thioether (sulfide) groups is 1. The monoisotopic (exact) mass is 230 g/mol. The van der Waals surface area contributed by atoms with Crippen LogP contribution < -0.4 is 5.32 Å². The summed E-state index contributed by atoms with van der Waals surface area (Å²) in [6.07, 6.45) is 0.798. The molecule has 4 heteroatoms. The summed E-state index contributed by atoms with van der Waals surface area (Å²) in [5.74, 6) is 0. The van der Waals surface area contributed by atoms with Crippen molar-refractivity contribution in [2.24, 2.45) is 0 Å². The van der Waals surface area contributed by atoms with E-state index in [4.69, 9.17) is 10.4 Å². The highest BCUT2D eigenvalue weighted by Gasteiger charge is 2.25. The smallest absolute Gasteiger partial charge is 0.104 e. The van der Waals surface area contributed by atoms with Crippen LogP contribution in [0.1, 0.15) is 34.1 Å². The van der Waals surface area contributed by atoms with Crippen molar-refractivity contribution < 1.29 is 5.11 Å². The SMILES string of the molecule is CCNC(C)(C#N)CC(C)SC(C)CO. The lowest BCUT2D eigenvalue weighted by Crippen LogP contribution is -2.42. The predicted octanol–water partition coefficient (Wildman–Crippen LogP) is 1.77. The molecule has 0 aromatic rings. The second kappa shape index (κ2) is 7.10. The van der Waals surface area contributed by atoms with E-state index in [0.717, 1.165) is 13.0 Å². The highest BCUT2D eigenvalue weighted by Crippen LogP contribution is 2.24. The summed E-state index contributed by atoms with van der Waals surface area (Å²) in [6.45, 7) is 9.03. The van der Waals surface area contributed by atoms with Crippen molar-refractivity contribution in [3.05, 3.63) is 0 Å². The van der Waals surface area contributed by atoms with Gasteiger partial charge in [0.2, 0.25) is 0 Å². The zero-order chi connectivity index (χ0) is 11.9. The number of nitrogens with zero attached hydrogens (tertiary/aromatic N) is 1. The van der Waals surface area contributed by atoms with Gasteiger partial charge in [0.25, 0.3) is 0 Å². The first-order valence-corrected chi connectivity index (χ1v) is 6.34. The maximum Gasteiger partial charge on any atom is 0.104 e. The molecule has 0 aliphatic rings. The second-order valence-corrected chi connectivity index (χ2v) is 6.00. The standard InChI is InChI=1S/C11H22N2OS/c1-5-13-11(4,8-12)6-9(2)15-10(3)7-14/h9-10,13-14H,5-7H2,1-4H3. The highest BCUT2D eigenvalue weighted by atomic mass is 32.2. The average molecular weight is 230 g/mol. The molecule has 3 nitrogen and oxygen atoms in total. The van der Waals surface area contributed by atoms with Crippen molar-refractivity contribution in [2.75, 3.05) is 13.2 Å². The Hall–Kier alpha value is -0.240. The van der Waals surface area contributed by atoms with E-state index in [1.807, 2.05) is 20.8 Å².